The molecule has 7 nitrogen and oxygen atoms in total. The fourth-order valence-electron chi connectivity index (χ4n) is 4.35. The number of nitrogens with zero attached hydrogens (tertiary/aromatic N) is 4. The van der Waals surface area contributed by atoms with Gasteiger partial charge in [0.2, 0.25) is 5.13 Å². The lowest BCUT2D eigenvalue weighted by molar-refractivity contribution is 0.481. The van der Waals surface area contributed by atoms with Crippen LogP contribution in [-0.2, 0) is 23.0 Å². The number of hydrogen-bond acceptors (Lipinski definition) is 8. The number of aromatic nitrogens is 1. The molecule has 0 saturated carbocycles. The third-order valence-corrected chi connectivity index (χ3v) is 8.05. The highest BCUT2D eigenvalue weighted by molar-refractivity contribution is 8.04. The first-order chi connectivity index (χ1) is 15.4. The summed E-state index contributed by atoms with van der Waals surface area (Å²) in [7, 11) is -4.49. The van der Waals surface area contributed by atoms with Gasteiger partial charge >= 0.3 is 0 Å². The highest BCUT2D eigenvalue weighted by atomic mass is 32.2. The van der Waals surface area contributed by atoms with Crippen LogP contribution in [0.2, 0.25) is 0 Å². The van der Waals surface area contributed by atoms with Crippen LogP contribution in [0, 0.1) is 11.4 Å². The van der Waals surface area contributed by atoms with E-state index in [1.165, 1.54) is 17.5 Å². The number of hydrogen-bond donors (Lipinski definition) is 1. The van der Waals surface area contributed by atoms with Gasteiger partial charge in [-0.05, 0) is 72.8 Å². The second-order valence-electron chi connectivity index (χ2n) is 7.50. The summed E-state index contributed by atoms with van der Waals surface area (Å²) >= 11 is 2.35. The van der Waals surface area contributed by atoms with Crippen LogP contribution < -0.4 is 4.90 Å². The van der Waals surface area contributed by atoms with Gasteiger partial charge < -0.3 is 4.90 Å². The lowest BCUT2D eigenvalue weighted by Crippen LogP contribution is -2.35. The van der Waals surface area contributed by atoms with E-state index in [-0.39, 0.29) is 10.6 Å². The second kappa shape index (κ2) is 8.44. The van der Waals surface area contributed by atoms with Gasteiger partial charge in [-0.2, -0.15) is 8.42 Å². The molecule has 5 rings (SSSR count). The van der Waals surface area contributed by atoms with Crippen LogP contribution in [0.5, 0.6) is 0 Å². The third kappa shape index (κ3) is 3.99. The molecule has 3 heterocycles. The van der Waals surface area contributed by atoms with E-state index in [2.05, 4.69) is 25.4 Å². The quantitative estimate of drug-likeness (QED) is 0.221. The number of halogens is 1. The topological polar surface area (TPSA) is 95.2 Å². The zero-order valence-corrected chi connectivity index (χ0v) is 19.2. The normalized spacial score (nSPS) is 15.6. The van der Waals surface area contributed by atoms with Crippen molar-refractivity contribution in [3.8, 4) is 11.4 Å². The predicted molar refractivity (Wildman–Crippen MR) is 124 cm³/mol. The van der Waals surface area contributed by atoms with E-state index in [0.29, 0.717) is 22.6 Å². The van der Waals surface area contributed by atoms with Crippen LogP contribution >= 0.6 is 23.1 Å². The summed E-state index contributed by atoms with van der Waals surface area (Å²) in [6, 6.07) is 7.13. The summed E-state index contributed by atoms with van der Waals surface area (Å²) in [6.45, 7) is 1.77. The Kier molecular flexibility index (Phi) is 5.63. The Bertz CT molecular complexity index is 1420. The Balaban J connectivity index is 1.57. The number of anilines is 1. The first-order valence-corrected chi connectivity index (χ1v) is 13.0. The number of thiazole rings is 1. The Morgan fingerprint density at radius 2 is 2.00 bits per heavy atom. The highest BCUT2D eigenvalue weighted by Gasteiger charge is 2.32. The van der Waals surface area contributed by atoms with E-state index in [1.807, 2.05) is 6.07 Å². The van der Waals surface area contributed by atoms with Crippen LogP contribution in [0.1, 0.15) is 24.0 Å². The standard InChI is InChI=1S/C21H17FN4O3S3/c22-7-10-30-14-5-6-16-18(12-14)31-21(23-16)25-24-17-11-13-3-1-8-26-9-2-4-15(19(13)26)20(17)32(27,28)29/h5-6,11-12H,1-4,8-9H2,(H,27,28,29). The zero-order valence-electron chi connectivity index (χ0n) is 16.7. The number of azo groups is 1. The van der Waals surface area contributed by atoms with E-state index in [9.17, 15) is 17.4 Å². The van der Waals surface area contributed by atoms with Crippen LogP contribution in [0.4, 0.5) is 20.9 Å². The second-order valence-corrected chi connectivity index (χ2v) is 10.8. The molecule has 2 aliphatic heterocycles. The number of benzene rings is 2. The van der Waals surface area contributed by atoms with Crippen molar-refractivity contribution in [2.75, 3.05) is 18.0 Å². The monoisotopic (exact) mass is 488 g/mol. The van der Waals surface area contributed by atoms with Crippen LogP contribution in [0.3, 0.4) is 0 Å². The van der Waals surface area contributed by atoms with Crippen molar-refractivity contribution in [2.45, 2.75) is 35.5 Å². The summed E-state index contributed by atoms with van der Waals surface area (Å²) in [5, 5.41) is 11.1. The average molecular weight is 489 g/mol. The van der Waals surface area contributed by atoms with Crippen LogP contribution in [0.15, 0.2) is 44.3 Å². The third-order valence-electron chi connectivity index (χ3n) is 5.51. The zero-order chi connectivity index (χ0) is 22.3. The van der Waals surface area contributed by atoms with E-state index in [1.54, 1.807) is 18.2 Å². The van der Waals surface area contributed by atoms with E-state index >= 15 is 0 Å². The Labute approximate surface area is 192 Å². The fourth-order valence-corrected chi connectivity index (χ4v) is 6.59. The maximum absolute atomic E-state index is 12.3. The van der Waals surface area contributed by atoms with Crippen molar-refractivity contribution in [3.63, 3.8) is 0 Å². The first-order valence-electron chi connectivity index (χ1n) is 9.95. The van der Waals surface area contributed by atoms with Crippen molar-refractivity contribution in [2.24, 2.45) is 10.2 Å². The molecule has 1 N–H and O–H groups in total. The van der Waals surface area contributed by atoms with Crippen molar-refractivity contribution >= 4 is 59.9 Å². The summed E-state index contributed by atoms with van der Waals surface area (Å²) in [5.41, 5.74) is 3.43. The summed E-state index contributed by atoms with van der Waals surface area (Å²) in [5.74, 6) is 0. The lowest BCUT2D eigenvalue weighted by atomic mass is 9.91. The van der Waals surface area contributed by atoms with E-state index < -0.39 is 10.1 Å². The largest absolute Gasteiger partial charge is 0.371 e. The maximum Gasteiger partial charge on any atom is 0.297 e. The van der Waals surface area contributed by atoms with Gasteiger partial charge in [0.1, 0.15) is 16.8 Å². The highest BCUT2D eigenvalue weighted by Crippen LogP contribution is 2.44. The van der Waals surface area contributed by atoms with Crippen molar-refractivity contribution in [3.05, 3.63) is 35.4 Å². The molecule has 0 unspecified atom stereocenters. The molecule has 11 heteroatoms. The number of fused-ring (bicyclic) bond motifs is 1. The van der Waals surface area contributed by atoms with Crippen LogP contribution in [0.25, 0.3) is 10.2 Å². The molecule has 0 radical (unpaired) electrons. The molecule has 0 fully saturated rings. The van der Waals surface area contributed by atoms with Crippen molar-refractivity contribution in [1.29, 1.82) is 0 Å². The predicted octanol–water partition coefficient (Wildman–Crippen LogP) is 5.64. The SMILES string of the molecule is O=S(=O)(O)c1c(N=Nc2nc3ccc(SC#CF)cc3s2)cc2c3c1CCCN3CCC2. The summed E-state index contributed by atoms with van der Waals surface area (Å²) in [6.07, 6.45) is 4.56. The van der Waals surface area contributed by atoms with E-state index in [0.717, 1.165) is 65.0 Å². The lowest BCUT2D eigenvalue weighted by Gasteiger charge is -2.37. The molecule has 0 atom stereocenters. The fraction of sp³-hybridized carbons (Fsp3) is 0.286. The van der Waals surface area contributed by atoms with Crippen molar-refractivity contribution in [1.82, 2.24) is 4.98 Å². The van der Waals surface area contributed by atoms with Crippen molar-refractivity contribution < 1.29 is 17.4 Å². The minimum Gasteiger partial charge on any atom is -0.371 e. The van der Waals surface area contributed by atoms with Gasteiger partial charge in [-0.15, -0.1) is 14.6 Å². The van der Waals surface area contributed by atoms with Gasteiger partial charge in [-0.1, -0.05) is 11.3 Å². The summed E-state index contributed by atoms with van der Waals surface area (Å²) < 4.78 is 47.5. The molecule has 0 saturated heterocycles. The molecule has 3 aromatic rings. The molecule has 0 bridgehead atoms. The molecule has 32 heavy (non-hydrogen) atoms. The first kappa shape index (κ1) is 21.3. The number of thioether (sulfide) groups is 1. The number of aryl methyl sites for hydroxylation is 1. The van der Waals surface area contributed by atoms with Gasteiger partial charge in [0.15, 0.2) is 0 Å². The average Bonchev–Trinajstić information content (AvgIpc) is 3.18. The van der Waals surface area contributed by atoms with Gasteiger partial charge in [-0.3, -0.25) is 4.55 Å². The van der Waals surface area contributed by atoms with Gasteiger partial charge in [-0.25, -0.2) is 4.98 Å². The Morgan fingerprint density at radius 3 is 2.78 bits per heavy atom. The smallest absolute Gasteiger partial charge is 0.297 e. The summed E-state index contributed by atoms with van der Waals surface area (Å²) in [4.78, 5) is 7.23. The molecule has 2 aliphatic rings. The van der Waals surface area contributed by atoms with Gasteiger partial charge in [0.05, 0.1) is 10.2 Å². The maximum atomic E-state index is 12.3. The molecular weight excluding hydrogens is 471 g/mol. The molecule has 1 aromatic heterocycles. The van der Waals surface area contributed by atoms with Gasteiger partial charge in [0, 0.05) is 28.9 Å². The molecular formula is C21H17FN4O3S3. The molecule has 0 aliphatic carbocycles. The minimum absolute atomic E-state index is 0.138. The molecule has 0 amide bonds. The molecule has 2 aromatic carbocycles. The van der Waals surface area contributed by atoms with E-state index in [4.69, 9.17) is 0 Å². The van der Waals surface area contributed by atoms with Crippen LogP contribution in [-0.4, -0.2) is 31.0 Å². The minimum atomic E-state index is -4.49. The molecule has 164 valence electrons. The van der Waals surface area contributed by atoms with Gasteiger partial charge in [0.25, 0.3) is 10.1 Å². The Morgan fingerprint density at radius 1 is 1.19 bits per heavy atom. The number of rotatable bonds is 4. The Hall–Kier alpha value is -2.52. The molecule has 0 spiro atoms.